The van der Waals surface area contributed by atoms with Crippen LogP contribution in [-0.2, 0) is 4.79 Å². The zero-order chi connectivity index (χ0) is 14.9. The van der Waals surface area contributed by atoms with Crippen LogP contribution in [0.25, 0.3) is 0 Å². The summed E-state index contributed by atoms with van der Waals surface area (Å²) in [5, 5.41) is 12.2. The summed E-state index contributed by atoms with van der Waals surface area (Å²) in [6, 6.07) is 1.82. The van der Waals surface area contributed by atoms with Gasteiger partial charge in [0.15, 0.2) is 0 Å². The van der Waals surface area contributed by atoms with E-state index in [1.54, 1.807) is 13.0 Å². The number of aromatic carboxylic acids is 1. The van der Waals surface area contributed by atoms with Crippen LogP contribution in [0.2, 0.25) is 0 Å². The molecule has 1 aromatic rings. The number of carboxylic acid groups (broad SMARTS) is 1. The number of amides is 1. The second kappa shape index (κ2) is 5.48. The lowest BCUT2D eigenvalue weighted by molar-refractivity contribution is -0.119. The summed E-state index contributed by atoms with van der Waals surface area (Å²) in [6.45, 7) is 6.41. The van der Waals surface area contributed by atoms with Gasteiger partial charge >= 0.3 is 5.97 Å². The Hall–Kier alpha value is -2.11. The molecule has 2 N–H and O–H groups in total. The molecule has 20 heavy (non-hydrogen) atoms. The quantitative estimate of drug-likeness (QED) is 0.865. The number of anilines is 1. The average Bonchev–Trinajstić information content (AvgIpc) is 2.74. The molecule has 1 amide bonds. The lowest BCUT2D eigenvalue weighted by Crippen LogP contribution is -2.36. The fourth-order valence-corrected chi connectivity index (χ4v) is 2.67. The molecule has 6 nitrogen and oxygen atoms in total. The number of aromatic nitrogens is 1. The van der Waals surface area contributed by atoms with Crippen LogP contribution < -0.4 is 10.2 Å². The van der Waals surface area contributed by atoms with E-state index in [4.69, 9.17) is 0 Å². The first-order valence-corrected chi connectivity index (χ1v) is 6.62. The second-order valence-electron chi connectivity index (χ2n) is 5.22. The molecular weight excluding hydrogens is 258 g/mol. The first-order chi connectivity index (χ1) is 9.38. The van der Waals surface area contributed by atoms with E-state index in [1.807, 2.05) is 11.8 Å². The van der Waals surface area contributed by atoms with Crippen molar-refractivity contribution in [1.82, 2.24) is 10.3 Å². The van der Waals surface area contributed by atoms with Gasteiger partial charge in [-0.2, -0.15) is 0 Å². The molecule has 0 saturated carbocycles. The van der Waals surface area contributed by atoms with Crippen molar-refractivity contribution >= 4 is 17.7 Å². The third-order valence-electron chi connectivity index (χ3n) is 3.43. The van der Waals surface area contributed by atoms with Gasteiger partial charge in [-0.15, -0.1) is 0 Å². The number of carboxylic acids is 1. The zero-order valence-corrected chi connectivity index (χ0v) is 11.9. The third-order valence-corrected chi connectivity index (χ3v) is 3.43. The Morgan fingerprint density at radius 2 is 2.15 bits per heavy atom. The first-order valence-electron chi connectivity index (χ1n) is 6.62. The van der Waals surface area contributed by atoms with Crippen LogP contribution >= 0.6 is 0 Å². The molecule has 6 heteroatoms. The molecule has 0 spiro atoms. The van der Waals surface area contributed by atoms with Crippen LogP contribution in [-0.4, -0.2) is 41.1 Å². The summed E-state index contributed by atoms with van der Waals surface area (Å²) in [5.41, 5.74) is 1.76. The van der Waals surface area contributed by atoms with Gasteiger partial charge in [0, 0.05) is 31.7 Å². The van der Waals surface area contributed by atoms with Gasteiger partial charge in [0.05, 0.1) is 0 Å². The number of hydrogen-bond acceptors (Lipinski definition) is 4. The van der Waals surface area contributed by atoms with Gasteiger partial charge in [0.25, 0.3) is 0 Å². The minimum absolute atomic E-state index is 0.0526. The number of carbonyl (C=O) groups is 2. The van der Waals surface area contributed by atoms with Gasteiger partial charge in [0.1, 0.15) is 11.4 Å². The first kappa shape index (κ1) is 14.3. The van der Waals surface area contributed by atoms with Crippen LogP contribution in [0.4, 0.5) is 5.82 Å². The van der Waals surface area contributed by atoms with Gasteiger partial charge in [-0.05, 0) is 31.9 Å². The molecule has 1 aliphatic rings. The van der Waals surface area contributed by atoms with Crippen molar-refractivity contribution in [1.29, 1.82) is 0 Å². The normalized spacial score (nSPS) is 18.1. The highest BCUT2D eigenvalue weighted by Gasteiger charge is 2.28. The number of hydrogen-bond donors (Lipinski definition) is 2. The minimum Gasteiger partial charge on any atom is -0.478 e. The Morgan fingerprint density at radius 1 is 1.45 bits per heavy atom. The number of carbonyl (C=O) groups excluding carboxylic acids is 1. The highest BCUT2D eigenvalue weighted by atomic mass is 16.4. The monoisotopic (exact) mass is 277 g/mol. The molecule has 1 aromatic heterocycles. The number of pyridine rings is 1. The molecule has 0 bridgehead atoms. The molecule has 1 saturated heterocycles. The number of rotatable bonds is 3. The van der Waals surface area contributed by atoms with Crippen LogP contribution in [0.3, 0.4) is 0 Å². The molecule has 1 atom stereocenters. The van der Waals surface area contributed by atoms with Crippen molar-refractivity contribution in [3.63, 3.8) is 0 Å². The van der Waals surface area contributed by atoms with E-state index in [1.165, 1.54) is 6.92 Å². The maximum Gasteiger partial charge on any atom is 0.339 e. The summed E-state index contributed by atoms with van der Waals surface area (Å²) in [7, 11) is 0. The standard InChI is InChI=1S/C14H19N3O3/c1-8-6-9(2)15-13(12(8)14(19)20)17-5-4-11(7-17)16-10(3)18/h6,11H,4-5,7H2,1-3H3,(H,16,18)(H,19,20). The fourth-order valence-electron chi connectivity index (χ4n) is 2.67. The van der Waals surface area contributed by atoms with Gasteiger partial charge in [0.2, 0.25) is 5.91 Å². The van der Waals surface area contributed by atoms with Crippen molar-refractivity contribution in [3.05, 3.63) is 22.9 Å². The van der Waals surface area contributed by atoms with Crippen LogP contribution in [0.5, 0.6) is 0 Å². The van der Waals surface area contributed by atoms with E-state index in [9.17, 15) is 14.7 Å². The van der Waals surface area contributed by atoms with Gasteiger partial charge < -0.3 is 15.3 Å². The van der Waals surface area contributed by atoms with Crippen molar-refractivity contribution in [2.45, 2.75) is 33.2 Å². The van der Waals surface area contributed by atoms with Crippen LogP contribution in [0, 0.1) is 13.8 Å². The second-order valence-corrected chi connectivity index (χ2v) is 5.22. The summed E-state index contributed by atoms with van der Waals surface area (Å²) in [6.07, 6.45) is 0.799. The summed E-state index contributed by atoms with van der Waals surface area (Å²) in [5.74, 6) is -0.528. The Balaban J connectivity index is 2.29. The Bertz CT molecular complexity index is 557. The van der Waals surface area contributed by atoms with Gasteiger partial charge in [-0.25, -0.2) is 9.78 Å². The lowest BCUT2D eigenvalue weighted by atomic mass is 10.1. The molecule has 2 heterocycles. The van der Waals surface area contributed by atoms with E-state index in [2.05, 4.69) is 10.3 Å². The molecule has 0 aromatic carbocycles. The molecule has 2 rings (SSSR count). The van der Waals surface area contributed by atoms with Crippen molar-refractivity contribution in [2.24, 2.45) is 0 Å². The molecule has 1 fully saturated rings. The van der Waals surface area contributed by atoms with E-state index >= 15 is 0 Å². The molecule has 0 radical (unpaired) electrons. The molecule has 1 unspecified atom stereocenters. The van der Waals surface area contributed by atoms with Gasteiger partial charge in [-0.3, -0.25) is 4.79 Å². The van der Waals surface area contributed by atoms with Crippen LogP contribution in [0.1, 0.15) is 35.0 Å². The lowest BCUT2D eigenvalue weighted by Gasteiger charge is -2.21. The van der Waals surface area contributed by atoms with Crippen LogP contribution in [0.15, 0.2) is 6.07 Å². The largest absolute Gasteiger partial charge is 0.478 e. The van der Waals surface area contributed by atoms with E-state index in [-0.39, 0.29) is 17.5 Å². The maximum atomic E-state index is 11.4. The van der Waals surface area contributed by atoms with Crippen molar-refractivity contribution < 1.29 is 14.7 Å². The predicted octanol–water partition coefficient (Wildman–Crippen LogP) is 1.11. The van der Waals surface area contributed by atoms with E-state index in [0.717, 1.165) is 12.1 Å². The summed E-state index contributed by atoms with van der Waals surface area (Å²) in [4.78, 5) is 28.8. The molecule has 1 aliphatic heterocycles. The number of aryl methyl sites for hydroxylation is 2. The SMILES string of the molecule is CC(=O)NC1CCN(c2nc(C)cc(C)c2C(=O)O)C1. The third kappa shape index (κ3) is 2.89. The zero-order valence-electron chi connectivity index (χ0n) is 11.9. The summed E-state index contributed by atoms with van der Waals surface area (Å²) >= 11 is 0. The molecule has 108 valence electrons. The molecule has 0 aliphatic carbocycles. The highest BCUT2D eigenvalue weighted by molar-refractivity contribution is 5.95. The predicted molar refractivity (Wildman–Crippen MR) is 75.1 cm³/mol. The molecular formula is C14H19N3O3. The van der Waals surface area contributed by atoms with Crippen molar-refractivity contribution in [2.75, 3.05) is 18.0 Å². The van der Waals surface area contributed by atoms with Crippen molar-refractivity contribution in [3.8, 4) is 0 Å². The Labute approximate surface area is 117 Å². The number of nitrogens with one attached hydrogen (secondary N) is 1. The minimum atomic E-state index is -0.965. The Morgan fingerprint density at radius 3 is 2.75 bits per heavy atom. The summed E-state index contributed by atoms with van der Waals surface area (Å²) < 4.78 is 0. The fraction of sp³-hybridized carbons (Fsp3) is 0.500. The average molecular weight is 277 g/mol. The van der Waals surface area contributed by atoms with E-state index in [0.29, 0.717) is 24.5 Å². The maximum absolute atomic E-state index is 11.4. The van der Waals surface area contributed by atoms with E-state index < -0.39 is 5.97 Å². The topological polar surface area (TPSA) is 82.5 Å². The number of nitrogens with zero attached hydrogens (tertiary/aromatic N) is 2. The van der Waals surface area contributed by atoms with Gasteiger partial charge in [-0.1, -0.05) is 0 Å². The Kier molecular flexibility index (Phi) is 3.92. The highest BCUT2D eigenvalue weighted by Crippen LogP contribution is 2.26. The smallest absolute Gasteiger partial charge is 0.339 e.